The second-order valence-corrected chi connectivity index (χ2v) is 22.1. The molecule has 88 heavy (non-hydrogen) atoms. The molecule has 0 saturated heterocycles. The van der Waals surface area contributed by atoms with Crippen molar-refractivity contribution in [3.05, 3.63) is 65.7 Å². The first-order chi connectivity index (χ1) is 41.6. The Hall–Kier alpha value is -8.62. The van der Waals surface area contributed by atoms with E-state index in [2.05, 4.69) is 52.8 Å². The number of hydrogen-bond donors (Lipinski definition) is 18. The number of benzene rings is 2. The van der Waals surface area contributed by atoms with Crippen molar-refractivity contribution in [3.63, 3.8) is 0 Å². The second kappa shape index (κ2) is 40.0. The number of unbranched alkanes of at least 4 members (excludes halogenated alkanes) is 1. The lowest BCUT2D eigenvalue weighted by atomic mass is 10.0. The average Bonchev–Trinajstić information content (AvgIpc) is 3.11. The summed E-state index contributed by atoms with van der Waals surface area (Å²) in [7, 11) is 0. The molecule has 488 valence electrons. The molecule has 23 N–H and O–H groups in total. The first kappa shape index (κ1) is 75.5. The number of nitrogens with one attached hydrogen (secondary N) is 9. The van der Waals surface area contributed by atoms with Crippen molar-refractivity contribution in [1.82, 2.24) is 47.9 Å². The predicted molar refractivity (Wildman–Crippen MR) is 324 cm³/mol. The number of phenols is 1. The van der Waals surface area contributed by atoms with Gasteiger partial charge in [-0.15, -0.1) is 0 Å². The Morgan fingerprint density at radius 3 is 1.55 bits per heavy atom. The summed E-state index contributed by atoms with van der Waals surface area (Å²) in [6, 6.07) is -0.783. The molecule has 2 aromatic rings. The summed E-state index contributed by atoms with van der Waals surface area (Å²) in [5.41, 5.74) is 29.0. The van der Waals surface area contributed by atoms with E-state index < -0.39 is 157 Å². The van der Waals surface area contributed by atoms with E-state index in [-0.39, 0.29) is 87.8 Å². The molecule has 0 heterocycles. The van der Waals surface area contributed by atoms with Crippen LogP contribution in [0.25, 0.3) is 0 Å². The smallest absolute Gasteiger partial charge is 0.326 e. The number of aliphatic imine (C=N–C) groups is 1. The Kier molecular flexibility index (Phi) is 34.3. The number of rotatable bonds is 42. The van der Waals surface area contributed by atoms with Crippen LogP contribution in [0.15, 0.2) is 59.6 Å². The van der Waals surface area contributed by atoms with Crippen molar-refractivity contribution in [3.8, 4) is 5.75 Å². The molecule has 10 atom stereocenters. The van der Waals surface area contributed by atoms with E-state index in [4.69, 9.17) is 28.7 Å². The number of carboxylic acids is 2. The predicted octanol–water partition coefficient (Wildman–Crippen LogP) is -4.31. The van der Waals surface area contributed by atoms with Gasteiger partial charge in [0.1, 0.15) is 60.1 Å². The number of nitrogens with zero attached hydrogens (tertiary/aromatic N) is 1. The van der Waals surface area contributed by atoms with Gasteiger partial charge < -0.3 is 96.9 Å². The van der Waals surface area contributed by atoms with Crippen molar-refractivity contribution in [1.29, 1.82) is 0 Å². The van der Waals surface area contributed by atoms with Gasteiger partial charge in [-0.2, -0.15) is 11.8 Å². The van der Waals surface area contributed by atoms with Gasteiger partial charge in [-0.25, -0.2) is 4.79 Å². The molecular weight excluding hydrogens is 1170 g/mol. The van der Waals surface area contributed by atoms with Crippen LogP contribution in [0.3, 0.4) is 0 Å². The molecule has 2 rings (SSSR count). The number of aromatic hydroxyl groups is 1. The third-order valence-electron chi connectivity index (χ3n) is 13.3. The maximum Gasteiger partial charge on any atom is 0.326 e. The van der Waals surface area contributed by atoms with Crippen LogP contribution in [0, 0.1) is 5.92 Å². The summed E-state index contributed by atoms with van der Waals surface area (Å²) in [5.74, 6) is -12.9. The van der Waals surface area contributed by atoms with Crippen LogP contribution in [-0.4, -0.2) is 190 Å². The highest BCUT2D eigenvalue weighted by atomic mass is 32.2. The summed E-state index contributed by atoms with van der Waals surface area (Å²) in [4.78, 5) is 165. The van der Waals surface area contributed by atoms with Crippen LogP contribution in [0.4, 0.5) is 0 Å². The van der Waals surface area contributed by atoms with Gasteiger partial charge in [0.2, 0.25) is 59.1 Å². The van der Waals surface area contributed by atoms with Gasteiger partial charge >= 0.3 is 11.9 Å². The lowest BCUT2D eigenvalue weighted by molar-refractivity contribution is -0.142. The molecule has 31 nitrogen and oxygen atoms in total. The minimum atomic E-state index is -1.92. The van der Waals surface area contributed by atoms with E-state index in [1.54, 1.807) is 62.6 Å². The third-order valence-corrected chi connectivity index (χ3v) is 13.9. The van der Waals surface area contributed by atoms with Gasteiger partial charge in [0.25, 0.3) is 0 Å². The van der Waals surface area contributed by atoms with Gasteiger partial charge in [-0.1, -0.05) is 56.3 Å². The van der Waals surface area contributed by atoms with Gasteiger partial charge in [-0.05, 0) is 112 Å². The van der Waals surface area contributed by atoms with E-state index >= 15 is 0 Å². The average molecular weight is 1260 g/mol. The SMILES string of the molecule is CSCC[C@H](NC(=O)[C@H](CC(=O)O)NC(=O)[C@H](CCCCN)NC(=O)[C@H](Cc1ccccc1)NC(=O)[C@H](CO)NC(=O)[C@@H](N)Cc1ccc(O)cc1)C(=O)N[C@@H](CCC(N)=O)C(=O)N[C@@H](CC(C)C)C(=O)N[C@H](C)C(=O)N[C@@H](CCCN=C(N)N)C(=O)O. The largest absolute Gasteiger partial charge is 0.508 e. The number of amides is 10. The van der Waals surface area contributed by atoms with Crippen LogP contribution < -0.4 is 76.5 Å². The molecule has 0 spiro atoms. The molecule has 0 bridgehead atoms. The Morgan fingerprint density at radius 2 is 1.01 bits per heavy atom. The third kappa shape index (κ3) is 29.2. The maximum absolute atomic E-state index is 14.3. The number of aliphatic hydroxyl groups excluding tert-OH is 1. The van der Waals surface area contributed by atoms with Crippen molar-refractivity contribution in [2.24, 2.45) is 39.6 Å². The minimum Gasteiger partial charge on any atom is -0.508 e. The number of nitrogens with two attached hydrogens (primary N) is 5. The quantitative estimate of drug-likeness (QED) is 0.0170. The van der Waals surface area contributed by atoms with E-state index in [1.165, 1.54) is 30.8 Å². The Balaban J connectivity index is 2.40. The normalized spacial score (nSPS) is 14.4. The fraction of sp³-hybridized carbons (Fsp3) is 0.554. The van der Waals surface area contributed by atoms with Crippen LogP contribution in [0.2, 0.25) is 0 Å². The zero-order valence-electron chi connectivity index (χ0n) is 49.8. The van der Waals surface area contributed by atoms with Gasteiger partial charge in [-0.3, -0.25) is 57.7 Å². The van der Waals surface area contributed by atoms with Crippen molar-refractivity contribution >= 4 is 88.7 Å². The number of thioether (sulfide) groups is 1. The van der Waals surface area contributed by atoms with E-state index in [0.29, 0.717) is 17.5 Å². The zero-order chi connectivity index (χ0) is 66.0. The Morgan fingerprint density at radius 1 is 0.534 bits per heavy atom. The molecule has 0 aliphatic carbocycles. The Labute approximate surface area is 513 Å². The van der Waals surface area contributed by atoms with E-state index in [0.717, 1.165) is 0 Å². The Bertz CT molecular complexity index is 2690. The molecule has 0 fully saturated rings. The number of carbonyl (C=O) groups is 12. The summed E-state index contributed by atoms with van der Waals surface area (Å²) in [6.07, 6.45) is -0.0875. The highest BCUT2D eigenvalue weighted by Gasteiger charge is 2.36. The molecule has 0 aromatic heterocycles. The molecule has 0 aliphatic heterocycles. The van der Waals surface area contributed by atoms with Gasteiger partial charge in [0.15, 0.2) is 5.96 Å². The lowest BCUT2D eigenvalue weighted by Crippen LogP contribution is -2.61. The highest BCUT2D eigenvalue weighted by Crippen LogP contribution is 2.14. The van der Waals surface area contributed by atoms with Crippen LogP contribution in [0.5, 0.6) is 5.75 Å². The zero-order valence-corrected chi connectivity index (χ0v) is 50.6. The number of aliphatic hydroxyl groups is 1. The number of guanidine groups is 1. The summed E-state index contributed by atoms with van der Waals surface area (Å²) >= 11 is 1.24. The molecule has 2 aromatic carbocycles. The first-order valence-corrected chi connectivity index (χ1v) is 29.9. The second-order valence-electron chi connectivity index (χ2n) is 21.2. The van der Waals surface area contributed by atoms with Crippen molar-refractivity contribution in [2.45, 2.75) is 158 Å². The lowest BCUT2D eigenvalue weighted by Gasteiger charge is -2.28. The van der Waals surface area contributed by atoms with Gasteiger partial charge in [0, 0.05) is 19.4 Å². The standard InChI is InChI=1S/C56H87N15O16S/c1-30(2)25-40(51(82)63-31(3)46(77)67-39(55(86)87)14-10-23-62-56(60)61)68-49(80)37(19-20-44(59)74)65-50(81)38(21-24-88-4)66-53(84)42(28-45(75)76)70-48(79)36(13-8-9-22-57)64-52(83)41(27-32-11-6-5-7-12-32)69-54(85)43(29-72)71-47(78)35(58)26-33-15-17-34(73)18-16-33/h5-7,11-12,15-18,30-31,35-43,72-73H,8-10,13-14,19-29,57-58H2,1-4H3,(H2,59,74)(H,63,82)(H,64,83)(H,65,81)(H,66,84)(H,67,77)(H,68,80)(H,69,85)(H,70,79)(H,71,78)(H,75,76)(H,86,87)(H4,60,61,62)/t31-,35+,36+,37+,38+,39+,40+,41+,42+,43+/m1/s1. The van der Waals surface area contributed by atoms with Crippen LogP contribution in [0.1, 0.15) is 96.1 Å². The monoisotopic (exact) mass is 1260 g/mol. The number of aliphatic carboxylic acids is 2. The highest BCUT2D eigenvalue weighted by molar-refractivity contribution is 7.98. The molecule has 0 saturated carbocycles. The topological polar surface area (TPSA) is 536 Å². The summed E-state index contributed by atoms with van der Waals surface area (Å²) in [6.45, 7) is 4.04. The number of hydrogen-bond acceptors (Lipinski definition) is 18. The number of carboxylic acid groups (broad SMARTS) is 2. The first-order valence-electron chi connectivity index (χ1n) is 28.5. The minimum absolute atomic E-state index is 0.00715. The number of carbonyl (C=O) groups excluding carboxylic acids is 10. The van der Waals surface area contributed by atoms with Crippen molar-refractivity contribution < 1.29 is 78.0 Å². The van der Waals surface area contributed by atoms with Crippen LogP contribution >= 0.6 is 11.8 Å². The summed E-state index contributed by atoms with van der Waals surface area (Å²) in [5, 5.41) is 61.6. The fourth-order valence-electron chi connectivity index (χ4n) is 8.49. The molecular formula is C56H87N15O16S. The molecule has 0 aliphatic rings. The molecule has 10 amide bonds. The van der Waals surface area contributed by atoms with E-state index in [9.17, 15) is 78.0 Å². The van der Waals surface area contributed by atoms with Gasteiger partial charge in [0.05, 0.1) is 19.1 Å². The van der Waals surface area contributed by atoms with Crippen LogP contribution in [-0.2, 0) is 70.4 Å². The summed E-state index contributed by atoms with van der Waals surface area (Å²) < 4.78 is 0. The molecule has 0 radical (unpaired) electrons. The van der Waals surface area contributed by atoms with Crippen molar-refractivity contribution in [2.75, 3.05) is 31.7 Å². The molecule has 32 heteroatoms. The molecule has 0 unspecified atom stereocenters. The number of phenolic OH excluding ortho intramolecular Hbond substituents is 1. The van der Waals surface area contributed by atoms with E-state index in [1.807, 2.05) is 0 Å². The maximum atomic E-state index is 14.3. The number of primary amides is 1. The fourth-order valence-corrected chi connectivity index (χ4v) is 8.96.